The highest BCUT2D eigenvalue weighted by Crippen LogP contribution is 2.26. The van der Waals surface area contributed by atoms with Crippen molar-refractivity contribution in [1.29, 1.82) is 0 Å². The van der Waals surface area contributed by atoms with Crippen molar-refractivity contribution in [3.8, 4) is 5.75 Å². The number of aromatic hydroxyl groups is 1. The maximum atomic E-state index is 12.2. The highest BCUT2D eigenvalue weighted by molar-refractivity contribution is 6.42. The summed E-state index contributed by atoms with van der Waals surface area (Å²) in [6.45, 7) is 0. The molecule has 0 unspecified atom stereocenters. The van der Waals surface area contributed by atoms with Crippen LogP contribution in [-0.4, -0.2) is 22.8 Å². The van der Waals surface area contributed by atoms with E-state index in [9.17, 15) is 9.90 Å². The molecule has 118 valence electrons. The molecular formula is C16H12Cl2N2O3. The van der Waals surface area contributed by atoms with E-state index in [0.29, 0.717) is 27.9 Å². The maximum Gasteiger partial charge on any atom is 0.268 e. The molecule has 0 aromatic heterocycles. The van der Waals surface area contributed by atoms with Gasteiger partial charge in [0.2, 0.25) is 6.10 Å². The summed E-state index contributed by atoms with van der Waals surface area (Å²) in [7, 11) is 0. The lowest BCUT2D eigenvalue weighted by molar-refractivity contribution is -0.125. The van der Waals surface area contributed by atoms with Gasteiger partial charge in [0.1, 0.15) is 5.75 Å². The number of hydrogen-bond acceptors (Lipinski definition) is 4. The minimum atomic E-state index is -0.734. The fraction of sp³-hybridized carbons (Fsp3) is 0.125. The van der Waals surface area contributed by atoms with E-state index in [1.54, 1.807) is 30.3 Å². The van der Waals surface area contributed by atoms with E-state index in [0.717, 1.165) is 5.56 Å². The van der Waals surface area contributed by atoms with Gasteiger partial charge in [-0.1, -0.05) is 40.5 Å². The molecule has 5 nitrogen and oxygen atoms in total. The molecule has 1 aliphatic rings. The number of anilines is 1. The quantitative estimate of drug-likeness (QED) is 0.883. The van der Waals surface area contributed by atoms with Crippen molar-refractivity contribution >= 4 is 40.5 Å². The molecule has 0 saturated carbocycles. The standard InChI is InChI=1S/C16H12Cl2N2O3/c17-12-5-4-9(6-13(12)18)14-8-15(23-20-14)16(22)19-10-2-1-3-11(21)7-10/h1-7,15,21H,8H2,(H,19,22)/t15-/m1/s1. The van der Waals surface area contributed by atoms with Gasteiger partial charge >= 0.3 is 0 Å². The molecule has 0 aliphatic carbocycles. The predicted octanol–water partition coefficient (Wildman–Crippen LogP) is 3.83. The first-order valence-electron chi connectivity index (χ1n) is 6.81. The molecule has 23 heavy (non-hydrogen) atoms. The number of hydrogen-bond donors (Lipinski definition) is 2. The zero-order chi connectivity index (χ0) is 16.4. The number of nitrogens with zero attached hydrogens (tertiary/aromatic N) is 1. The smallest absolute Gasteiger partial charge is 0.268 e. The summed E-state index contributed by atoms with van der Waals surface area (Å²) in [5.41, 5.74) is 1.87. The van der Waals surface area contributed by atoms with Crippen LogP contribution in [0.25, 0.3) is 0 Å². The lowest BCUT2D eigenvalue weighted by Crippen LogP contribution is -2.28. The second-order valence-electron chi connectivity index (χ2n) is 5.00. The van der Waals surface area contributed by atoms with Gasteiger partial charge in [0.15, 0.2) is 0 Å². The van der Waals surface area contributed by atoms with Gasteiger partial charge in [-0.05, 0) is 24.3 Å². The second-order valence-corrected chi connectivity index (χ2v) is 5.82. The lowest BCUT2D eigenvalue weighted by atomic mass is 10.0. The van der Waals surface area contributed by atoms with Crippen LogP contribution in [0.5, 0.6) is 5.75 Å². The topological polar surface area (TPSA) is 70.9 Å². The largest absolute Gasteiger partial charge is 0.508 e. The first-order valence-corrected chi connectivity index (χ1v) is 7.56. The number of oxime groups is 1. The van der Waals surface area contributed by atoms with Gasteiger partial charge in [-0.15, -0.1) is 0 Å². The Morgan fingerprint density at radius 1 is 1.22 bits per heavy atom. The summed E-state index contributed by atoms with van der Waals surface area (Å²) < 4.78 is 0. The molecule has 0 radical (unpaired) electrons. The Hall–Kier alpha value is -2.24. The summed E-state index contributed by atoms with van der Waals surface area (Å²) in [5, 5.41) is 16.9. The molecule has 0 spiro atoms. The average molecular weight is 351 g/mol. The first-order chi connectivity index (χ1) is 11.0. The monoisotopic (exact) mass is 350 g/mol. The third kappa shape index (κ3) is 3.57. The SMILES string of the molecule is O=C(Nc1cccc(O)c1)[C@H]1CC(c2ccc(Cl)c(Cl)c2)=NO1. The van der Waals surface area contributed by atoms with Crippen molar-refractivity contribution in [1.82, 2.24) is 0 Å². The van der Waals surface area contributed by atoms with E-state index in [2.05, 4.69) is 10.5 Å². The number of nitrogens with one attached hydrogen (secondary N) is 1. The van der Waals surface area contributed by atoms with Crippen LogP contribution in [0.1, 0.15) is 12.0 Å². The molecule has 0 saturated heterocycles. The first kappa shape index (κ1) is 15.6. The molecule has 1 heterocycles. The summed E-state index contributed by atoms with van der Waals surface area (Å²) in [4.78, 5) is 17.4. The Bertz CT molecular complexity index is 793. The van der Waals surface area contributed by atoms with Crippen LogP contribution in [0.15, 0.2) is 47.6 Å². The Balaban J connectivity index is 1.66. The summed E-state index contributed by atoms with van der Waals surface area (Å²) >= 11 is 11.9. The number of carbonyl (C=O) groups is 1. The Kier molecular flexibility index (Phi) is 4.41. The zero-order valence-corrected chi connectivity index (χ0v) is 13.3. The third-order valence-corrected chi connectivity index (χ3v) is 4.07. The van der Waals surface area contributed by atoms with Crippen LogP contribution in [0.2, 0.25) is 10.0 Å². The number of benzene rings is 2. The van der Waals surface area contributed by atoms with E-state index in [1.165, 1.54) is 12.1 Å². The number of halogens is 2. The fourth-order valence-corrected chi connectivity index (χ4v) is 2.47. The molecule has 3 rings (SSSR count). The number of amides is 1. The van der Waals surface area contributed by atoms with E-state index >= 15 is 0 Å². The molecule has 2 aromatic rings. The minimum Gasteiger partial charge on any atom is -0.508 e. The zero-order valence-electron chi connectivity index (χ0n) is 11.8. The van der Waals surface area contributed by atoms with Gasteiger partial charge in [0, 0.05) is 23.7 Å². The minimum absolute atomic E-state index is 0.0721. The molecule has 1 atom stereocenters. The van der Waals surface area contributed by atoms with Crippen molar-refractivity contribution in [3.63, 3.8) is 0 Å². The van der Waals surface area contributed by atoms with E-state index in [4.69, 9.17) is 28.0 Å². The summed E-state index contributed by atoms with van der Waals surface area (Å²) in [5.74, 6) is -0.266. The normalized spacial score (nSPS) is 16.6. The molecule has 1 amide bonds. The second kappa shape index (κ2) is 6.48. The molecule has 2 N–H and O–H groups in total. The van der Waals surface area contributed by atoms with Crippen molar-refractivity contribution in [2.75, 3.05) is 5.32 Å². The van der Waals surface area contributed by atoms with E-state index < -0.39 is 6.10 Å². The molecule has 0 bridgehead atoms. The lowest BCUT2D eigenvalue weighted by Gasteiger charge is -2.09. The van der Waals surface area contributed by atoms with Gasteiger partial charge in [-0.2, -0.15) is 0 Å². The van der Waals surface area contributed by atoms with Crippen molar-refractivity contribution in [3.05, 3.63) is 58.1 Å². The molecular weight excluding hydrogens is 339 g/mol. The van der Waals surface area contributed by atoms with Crippen LogP contribution in [0, 0.1) is 0 Å². The number of phenolic OH excluding ortho intramolecular Hbond substituents is 1. The van der Waals surface area contributed by atoms with Crippen LogP contribution in [0.3, 0.4) is 0 Å². The van der Waals surface area contributed by atoms with Crippen molar-refractivity contribution in [2.24, 2.45) is 5.16 Å². The molecule has 7 heteroatoms. The van der Waals surface area contributed by atoms with Crippen LogP contribution >= 0.6 is 23.2 Å². The summed E-state index contributed by atoms with van der Waals surface area (Å²) in [6.07, 6.45) is -0.412. The summed E-state index contributed by atoms with van der Waals surface area (Å²) in [6, 6.07) is 11.4. The number of carbonyl (C=O) groups excluding carboxylic acids is 1. The number of rotatable bonds is 3. The Morgan fingerprint density at radius 3 is 2.78 bits per heavy atom. The third-order valence-electron chi connectivity index (χ3n) is 3.33. The molecule has 1 aliphatic heterocycles. The van der Waals surface area contributed by atoms with Gasteiger partial charge in [-0.3, -0.25) is 4.79 Å². The highest BCUT2D eigenvalue weighted by Gasteiger charge is 2.29. The van der Waals surface area contributed by atoms with Gasteiger partial charge in [0.25, 0.3) is 5.91 Å². The van der Waals surface area contributed by atoms with E-state index in [-0.39, 0.29) is 11.7 Å². The predicted molar refractivity (Wildman–Crippen MR) is 89.2 cm³/mol. The van der Waals surface area contributed by atoms with Crippen LogP contribution in [-0.2, 0) is 9.63 Å². The van der Waals surface area contributed by atoms with Crippen LogP contribution < -0.4 is 5.32 Å². The van der Waals surface area contributed by atoms with Crippen LogP contribution in [0.4, 0.5) is 5.69 Å². The average Bonchev–Trinajstić information content (AvgIpc) is 3.00. The number of phenols is 1. The van der Waals surface area contributed by atoms with Gasteiger partial charge in [0.05, 0.1) is 15.8 Å². The van der Waals surface area contributed by atoms with Gasteiger partial charge < -0.3 is 15.3 Å². The van der Waals surface area contributed by atoms with Crippen molar-refractivity contribution in [2.45, 2.75) is 12.5 Å². The van der Waals surface area contributed by atoms with Crippen molar-refractivity contribution < 1.29 is 14.7 Å². The van der Waals surface area contributed by atoms with E-state index in [1.807, 2.05) is 0 Å². The molecule has 0 fully saturated rings. The fourth-order valence-electron chi connectivity index (χ4n) is 2.17. The highest BCUT2D eigenvalue weighted by atomic mass is 35.5. The van der Waals surface area contributed by atoms with Gasteiger partial charge in [-0.25, -0.2) is 0 Å². The molecule has 2 aromatic carbocycles. The Labute approximate surface area is 142 Å². The maximum absolute atomic E-state index is 12.2. The Morgan fingerprint density at radius 2 is 2.04 bits per heavy atom.